The summed E-state index contributed by atoms with van der Waals surface area (Å²) in [6, 6.07) is 0. The van der Waals surface area contributed by atoms with E-state index in [0.29, 0.717) is 12.3 Å². The Kier molecular flexibility index (Phi) is 11.4. The Bertz CT molecular complexity index is 219. The molecule has 0 saturated carbocycles. The number of hydrogen-bond acceptors (Lipinski definition) is 1. The first-order chi connectivity index (χ1) is 9.14. The zero-order valence-corrected chi connectivity index (χ0v) is 13.8. The normalized spacial score (nSPS) is 11.6. The fourth-order valence-corrected chi connectivity index (χ4v) is 2.69. The lowest BCUT2D eigenvalue weighted by molar-refractivity contribution is -0.123. The first-order valence-corrected chi connectivity index (χ1v) is 8.54. The van der Waals surface area contributed by atoms with E-state index in [0.717, 1.165) is 19.3 Å². The third-order valence-electron chi connectivity index (χ3n) is 4.02. The zero-order valence-electron chi connectivity index (χ0n) is 13.1. The van der Waals surface area contributed by atoms with E-state index in [1.165, 1.54) is 38.5 Å². The van der Waals surface area contributed by atoms with Crippen molar-refractivity contribution in [1.82, 2.24) is 5.32 Å². The molecule has 0 spiro atoms. The van der Waals surface area contributed by atoms with Crippen LogP contribution in [0.2, 0.25) is 0 Å². The molecule has 0 rings (SSSR count). The van der Waals surface area contributed by atoms with Crippen molar-refractivity contribution in [2.24, 2.45) is 0 Å². The van der Waals surface area contributed by atoms with Crippen molar-refractivity contribution >= 4 is 17.5 Å². The van der Waals surface area contributed by atoms with Crippen molar-refractivity contribution in [3.05, 3.63) is 0 Å². The van der Waals surface area contributed by atoms with Crippen molar-refractivity contribution in [3.63, 3.8) is 0 Å². The number of nitrogens with one attached hydrogen (secondary N) is 1. The second-order valence-corrected chi connectivity index (χ2v) is 5.81. The van der Waals surface area contributed by atoms with Gasteiger partial charge in [0.05, 0.1) is 5.54 Å². The maximum absolute atomic E-state index is 11.9. The Labute approximate surface area is 124 Å². The van der Waals surface area contributed by atoms with Gasteiger partial charge in [-0.05, 0) is 19.3 Å². The van der Waals surface area contributed by atoms with Crippen LogP contribution in [-0.4, -0.2) is 17.3 Å². The Morgan fingerprint density at radius 2 is 1.47 bits per heavy atom. The molecular formula is C16H32ClNO. The minimum atomic E-state index is -0.195. The average molecular weight is 290 g/mol. The third kappa shape index (κ3) is 8.52. The van der Waals surface area contributed by atoms with Crippen LogP contribution in [0.4, 0.5) is 0 Å². The van der Waals surface area contributed by atoms with Gasteiger partial charge in [0.1, 0.15) is 0 Å². The molecule has 1 amide bonds. The second-order valence-electron chi connectivity index (χ2n) is 5.54. The Hall–Kier alpha value is -0.240. The van der Waals surface area contributed by atoms with E-state index >= 15 is 0 Å². The van der Waals surface area contributed by atoms with Gasteiger partial charge in [0.2, 0.25) is 5.91 Å². The van der Waals surface area contributed by atoms with Crippen LogP contribution in [-0.2, 0) is 4.79 Å². The summed E-state index contributed by atoms with van der Waals surface area (Å²) in [5.41, 5.74) is -0.195. The molecule has 0 aromatic heterocycles. The Morgan fingerprint density at radius 3 is 1.95 bits per heavy atom. The summed E-state index contributed by atoms with van der Waals surface area (Å²) in [6.07, 6.45) is 11.2. The van der Waals surface area contributed by atoms with Gasteiger partial charge in [-0.3, -0.25) is 4.79 Å². The predicted octanol–water partition coefficient (Wildman–Crippen LogP) is 5.04. The van der Waals surface area contributed by atoms with Gasteiger partial charge in [0.15, 0.2) is 0 Å². The fourth-order valence-electron chi connectivity index (χ4n) is 2.25. The molecule has 2 nitrogen and oxygen atoms in total. The number of hydrogen-bond donors (Lipinski definition) is 1. The largest absolute Gasteiger partial charge is 0.349 e. The summed E-state index contributed by atoms with van der Waals surface area (Å²) in [4.78, 5) is 11.9. The summed E-state index contributed by atoms with van der Waals surface area (Å²) < 4.78 is 0. The Morgan fingerprint density at radius 1 is 0.947 bits per heavy atom. The molecule has 0 aliphatic rings. The lowest BCUT2D eigenvalue weighted by Crippen LogP contribution is -2.49. The van der Waals surface area contributed by atoms with Gasteiger partial charge in [-0.2, -0.15) is 0 Å². The van der Waals surface area contributed by atoms with Gasteiger partial charge in [0, 0.05) is 12.3 Å². The lowest BCUT2D eigenvalue weighted by atomic mass is 9.95. The summed E-state index contributed by atoms with van der Waals surface area (Å²) in [7, 11) is 0. The predicted molar refractivity (Wildman–Crippen MR) is 84.8 cm³/mol. The lowest BCUT2D eigenvalue weighted by Gasteiger charge is -2.30. The highest BCUT2D eigenvalue weighted by molar-refractivity contribution is 6.18. The number of unbranched alkanes of at least 4 members (excludes halogenated alkanes) is 6. The maximum Gasteiger partial charge on any atom is 0.220 e. The number of amides is 1. The highest BCUT2D eigenvalue weighted by Crippen LogP contribution is 2.17. The molecule has 114 valence electrons. The van der Waals surface area contributed by atoms with Crippen LogP contribution in [0.1, 0.15) is 85.0 Å². The molecule has 3 heteroatoms. The van der Waals surface area contributed by atoms with E-state index in [4.69, 9.17) is 11.6 Å². The second kappa shape index (κ2) is 11.6. The molecule has 0 unspecified atom stereocenters. The van der Waals surface area contributed by atoms with Crippen LogP contribution in [0.25, 0.3) is 0 Å². The van der Waals surface area contributed by atoms with E-state index in [-0.39, 0.29) is 11.4 Å². The molecule has 0 fully saturated rings. The molecule has 1 N–H and O–H groups in total. The van der Waals surface area contributed by atoms with Gasteiger partial charge in [-0.25, -0.2) is 0 Å². The molecule has 0 aromatic carbocycles. The number of carbonyl (C=O) groups is 1. The minimum absolute atomic E-state index is 0.165. The van der Waals surface area contributed by atoms with Crippen molar-refractivity contribution in [1.29, 1.82) is 0 Å². The van der Waals surface area contributed by atoms with Crippen molar-refractivity contribution in [2.75, 3.05) is 5.88 Å². The van der Waals surface area contributed by atoms with Crippen LogP contribution < -0.4 is 5.32 Å². The third-order valence-corrected chi connectivity index (χ3v) is 4.53. The standard InChI is InChI=1S/C16H32ClNO/c1-4-7-8-9-10-11-12-13-15(19)18-16(5-2,6-3)14-17/h4-14H2,1-3H3,(H,18,19). The molecule has 19 heavy (non-hydrogen) atoms. The summed E-state index contributed by atoms with van der Waals surface area (Å²) in [5.74, 6) is 0.667. The van der Waals surface area contributed by atoms with Crippen LogP contribution in [0.15, 0.2) is 0 Å². The van der Waals surface area contributed by atoms with Crippen LogP contribution >= 0.6 is 11.6 Å². The highest BCUT2D eigenvalue weighted by Gasteiger charge is 2.26. The molecule has 0 radical (unpaired) electrons. The SMILES string of the molecule is CCCCCCCCCC(=O)NC(CC)(CC)CCl. The number of alkyl halides is 1. The molecule has 0 heterocycles. The molecular weight excluding hydrogens is 258 g/mol. The molecule has 0 bridgehead atoms. The fraction of sp³-hybridized carbons (Fsp3) is 0.938. The van der Waals surface area contributed by atoms with Gasteiger partial charge in [-0.15, -0.1) is 11.6 Å². The molecule has 0 aliphatic heterocycles. The Balaban J connectivity index is 3.69. The van der Waals surface area contributed by atoms with Crippen LogP contribution in [0, 0.1) is 0 Å². The van der Waals surface area contributed by atoms with E-state index in [1.807, 2.05) is 0 Å². The van der Waals surface area contributed by atoms with Crippen molar-refractivity contribution in [3.8, 4) is 0 Å². The van der Waals surface area contributed by atoms with Gasteiger partial charge in [0.25, 0.3) is 0 Å². The first-order valence-electron chi connectivity index (χ1n) is 8.01. The molecule has 0 aliphatic carbocycles. The average Bonchev–Trinajstić information content (AvgIpc) is 2.44. The maximum atomic E-state index is 11.9. The monoisotopic (exact) mass is 289 g/mol. The van der Waals surface area contributed by atoms with Gasteiger partial charge >= 0.3 is 0 Å². The highest BCUT2D eigenvalue weighted by atomic mass is 35.5. The topological polar surface area (TPSA) is 29.1 Å². The quantitative estimate of drug-likeness (QED) is 0.396. The molecule has 0 aromatic rings. The summed E-state index contributed by atoms with van der Waals surface area (Å²) >= 11 is 5.99. The van der Waals surface area contributed by atoms with Crippen molar-refractivity contribution in [2.45, 2.75) is 90.5 Å². The zero-order chi connectivity index (χ0) is 14.6. The minimum Gasteiger partial charge on any atom is -0.349 e. The number of carbonyl (C=O) groups excluding carboxylic acids is 1. The first kappa shape index (κ1) is 18.8. The molecule has 0 atom stereocenters. The summed E-state index contributed by atoms with van der Waals surface area (Å²) in [6.45, 7) is 6.40. The van der Waals surface area contributed by atoms with Gasteiger partial charge in [-0.1, -0.05) is 59.3 Å². The number of halogens is 1. The van der Waals surface area contributed by atoms with Crippen LogP contribution in [0.3, 0.4) is 0 Å². The van der Waals surface area contributed by atoms with E-state index < -0.39 is 0 Å². The van der Waals surface area contributed by atoms with Crippen LogP contribution in [0.5, 0.6) is 0 Å². The van der Waals surface area contributed by atoms with E-state index in [9.17, 15) is 4.79 Å². The van der Waals surface area contributed by atoms with Crippen molar-refractivity contribution < 1.29 is 4.79 Å². The van der Waals surface area contributed by atoms with E-state index in [1.54, 1.807) is 0 Å². The van der Waals surface area contributed by atoms with E-state index in [2.05, 4.69) is 26.1 Å². The smallest absolute Gasteiger partial charge is 0.220 e. The summed E-state index contributed by atoms with van der Waals surface area (Å²) in [5, 5.41) is 3.12. The molecule has 0 saturated heterocycles. The van der Waals surface area contributed by atoms with Gasteiger partial charge < -0.3 is 5.32 Å². The number of rotatable bonds is 12.